The molecule has 19 heavy (non-hydrogen) atoms. The monoisotopic (exact) mass is 285 g/mol. The zero-order chi connectivity index (χ0) is 14.4. The fourth-order valence-electron chi connectivity index (χ4n) is 1.65. The van der Waals surface area contributed by atoms with Crippen LogP contribution in [0.1, 0.15) is 13.3 Å². The fourth-order valence-corrected chi connectivity index (χ4v) is 1.82. The highest BCUT2D eigenvalue weighted by molar-refractivity contribution is 6.31. The number of urea groups is 1. The van der Waals surface area contributed by atoms with Gasteiger partial charge in [0.1, 0.15) is 0 Å². The number of rotatable bonds is 5. The first-order chi connectivity index (χ1) is 8.93. The number of carbonyl (C=O) groups excluding carboxylic acids is 1. The molecule has 1 aromatic carbocycles. The number of nitrogens with zero attached hydrogens (tertiary/aromatic N) is 1. The zero-order valence-corrected chi connectivity index (χ0v) is 12.2. The van der Waals surface area contributed by atoms with Gasteiger partial charge in [-0.25, -0.2) is 4.79 Å². The molecule has 0 unspecified atom stereocenters. The van der Waals surface area contributed by atoms with Gasteiger partial charge in [0.15, 0.2) is 0 Å². The largest absolute Gasteiger partial charge is 0.396 e. The van der Waals surface area contributed by atoms with Crippen LogP contribution < -0.4 is 15.5 Å². The summed E-state index contributed by atoms with van der Waals surface area (Å²) in [5.41, 5.74) is 1.51. The summed E-state index contributed by atoms with van der Waals surface area (Å²) in [7, 11) is 3.78. The average Bonchev–Trinajstić information content (AvgIpc) is 2.28. The second-order valence-corrected chi connectivity index (χ2v) is 5.00. The van der Waals surface area contributed by atoms with Crippen molar-refractivity contribution < 1.29 is 9.90 Å². The van der Waals surface area contributed by atoms with Gasteiger partial charge < -0.3 is 20.6 Å². The number of benzene rings is 1. The number of aliphatic hydroxyl groups excluding tert-OH is 1. The lowest BCUT2D eigenvalue weighted by Crippen LogP contribution is -2.36. The Labute approximate surface area is 118 Å². The van der Waals surface area contributed by atoms with Crippen molar-refractivity contribution in [2.45, 2.75) is 19.4 Å². The minimum Gasteiger partial charge on any atom is -0.396 e. The van der Waals surface area contributed by atoms with Crippen molar-refractivity contribution >= 4 is 29.0 Å². The van der Waals surface area contributed by atoms with Gasteiger partial charge in [0, 0.05) is 31.8 Å². The highest BCUT2D eigenvalue weighted by Crippen LogP contribution is 2.27. The molecule has 1 rings (SSSR count). The maximum atomic E-state index is 11.8. The Kier molecular flexibility index (Phi) is 5.92. The number of aliphatic hydroxyl groups is 1. The second-order valence-electron chi connectivity index (χ2n) is 4.57. The lowest BCUT2D eigenvalue weighted by Gasteiger charge is -2.19. The van der Waals surface area contributed by atoms with E-state index in [4.69, 9.17) is 16.7 Å². The molecule has 0 heterocycles. The number of halogens is 1. The van der Waals surface area contributed by atoms with Crippen molar-refractivity contribution in [2.75, 3.05) is 30.9 Å². The molecule has 1 atom stereocenters. The van der Waals surface area contributed by atoms with Crippen LogP contribution in [0.4, 0.5) is 16.2 Å². The van der Waals surface area contributed by atoms with Crippen LogP contribution in [-0.4, -0.2) is 37.9 Å². The quantitative estimate of drug-likeness (QED) is 0.778. The third-order valence-corrected chi connectivity index (χ3v) is 2.86. The number of hydrogen-bond acceptors (Lipinski definition) is 3. The van der Waals surface area contributed by atoms with Crippen LogP contribution in [0.25, 0.3) is 0 Å². The predicted octanol–water partition coefficient (Wildman–Crippen LogP) is 2.30. The van der Waals surface area contributed by atoms with Crippen molar-refractivity contribution in [1.29, 1.82) is 0 Å². The molecule has 5 nitrogen and oxygen atoms in total. The van der Waals surface area contributed by atoms with Crippen LogP contribution in [-0.2, 0) is 0 Å². The van der Waals surface area contributed by atoms with E-state index in [-0.39, 0.29) is 18.7 Å². The lowest BCUT2D eigenvalue weighted by molar-refractivity contribution is 0.241. The summed E-state index contributed by atoms with van der Waals surface area (Å²) in [5.74, 6) is 0. The molecule has 0 aliphatic heterocycles. The van der Waals surface area contributed by atoms with Crippen molar-refractivity contribution in [3.05, 3.63) is 23.2 Å². The summed E-state index contributed by atoms with van der Waals surface area (Å²) in [6, 6.07) is 4.91. The van der Waals surface area contributed by atoms with E-state index < -0.39 is 0 Å². The van der Waals surface area contributed by atoms with Crippen LogP contribution in [0.5, 0.6) is 0 Å². The van der Waals surface area contributed by atoms with Crippen molar-refractivity contribution in [2.24, 2.45) is 0 Å². The average molecular weight is 286 g/mol. The number of anilines is 2. The molecule has 0 saturated carbocycles. The molecule has 0 aromatic heterocycles. The molecule has 0 aliphatic carbocycles. The molecular formula is C13H20ClN3O2. The van der Waals surface area contributed by atoms with Crippen molar-refractivity contribution in [3.63, 3.8) is 0 Å². The summed E-state index contributed by atoms with van der Waals surface area (Å²) < 4.78 is 0. The number of nitrogens with one attached hydrogen (secondary N) is 2. The standard InChI is InChI=1S/C13H20ClN3O2/c1-9(6-7-18)15-13(19)16-11-8-10(14)4-5-12(11)17(2)3/h4-5,8-9,18H,6-7H2,1-3H3,(H2,15,16,19)/t9-/m1/s1. The maximum absolute atomic E-state index is 11.8. The van der Waals surface area contributed by atoms with E-state index in [1.54, 1.807) is 12.1 Å². The predicted molar refractivity (Wildman–Crippen MR) is 79.1 cm³/mol. The third kappa shape index (κ3) is 4.96. The van der Waals surface area contributed by atoms with Crippen LogP contribution in [0.3, 0.4) is 0 Å². The molecule has 0 radical (unpaired) electrons. The van der Waals surface area contributed by atoms with Gasteiger partial charge in [-0.2, -0.15) is 0 Å². The molecule has 0 fully saturated rings. The molecule has 106 valence electrons. The summed E-state index contributed by atoms with van der Waals surface area (Å²) >= 11 is 5.94. The van der Waals surface area contributed by atoms with Gasteiger partial charge in [-0.15, -0.1) is 0 Å². The summed E-state index contributed by atoms with van der Waals surface area (Å²) in [4.78, 5) is 13.7. The smallest absolute Gasteiger partial charge is 0.319 e. The van der Waals surface area contributed by atoms with Gasteiger partial charge in [-0.3, -0.25) is 0 Å². The van der Waals surface area contributed by atoms with Gasteiger partial charge in [0.2, 0.25) is 0 Å². The van der Waals surface area contributed by atoms with E-state index in [1.807, 2.05) is 32.0 Å². The van der Waals surface area contributed by atoms with E-state index in [0.29, 0.717) is 17.1 Å². The summed E-state index contributed by atoms with van der Waals surface area (Å²) in [6.45, 7) is 1.88. The topological polar surface area (TPSA) is 64.6 Å². The molecular weight excluding hydrogens is 266 g/mol. The van der Waals surface area contributed by atoms with Gasteiger partial charge in [-0.1, -0.05) is 11.6 Å². The van der Waals surface area contributed by atoms with E-state index in [2.05, 4.69) is 10.6 Å². The summed E-state index contributed by atoms with van der Waals surface area (Å²) in [5, 5.41) is 14.9. The number of hydrogen-bond donors (Lipinski definition) is 3. The molecule has 3 N–H and O–H groups in total. The number of amides is 2. The minimum atomic E-state index is -0.314. The normalized spacial score (nSPS) is 11.8. The number of carbonyl (C=O) groups is 1. The van der Waals surface area contributed by atoms with E-state index in [0.717, 1.165) is 5.69 Å². The Morgan fingerprint density at radius 3 is 2.74 bits per heavy atom. The molecule has 0 saturated heterocycles. The summed E-state index contributed by atoms with van der Waals surface area (Å²) in [6.07, 6.45) is 0.517. The van der Waals surface area contributed by atoms with Crippen LogP contribution in [0, 0.1) is 0 Å². The van der Waals surface area contributed by atoms with Crippen LogP contribution >= 0.6 is 11.6 Å². The Morgan fingerprint density at radius 1 is 1.47 bits per heavy atom. The highest BCUT2D eigenvalue weighted by atomic mass is 35.5. The first-order valence-corrected chi connectivity index (χ1v) is 6.47. The van der Waals surface area contributed by atoms with E-state index in [1.165, 1.54) is 0 Å². The molecule has 2 amide bonds. The Hall–Kier alpha value is -1.46. The SMILES string of the molecule is C[C@H](CCO)NC(=O)Nc1cc(Cl)ccc1N(C)C. The second kappa shape index (κ2) is 7.21. The molecule has 1 aromatic rings. The van der Waals surface area contributed by atoms with Gasteiger partial charge in [0.05, 0.1) is 11.4 Å². The molecule has 6 heteroatoms. The van der Waals surface area contributed by atoms with Crippen molar-refractivity contribution in [3.8, 4) is 0 Å². The Balaban J connectivity index is 2.75. The van der Waals surface area contributed by atoms with Crippen LogP contribution in [0.15, 0.2) is 18.2 Å². The third-order valence-electron chi connectivity index (χ3n) is 2.63. The Morgan fingerprint density at radius 2 is 2.16 bits per heavy atom. The Bertz CT molecular complexity index is 438. The molecule has 0 aliphatic rings. The first kappa shape index (κ1) is 15.6. The molecule has 0 bridgehead atoms. The van der Waals surface area contributed by atoms with E-state index in [9.17, 15) is 4.79 Å². The first-order valence-electron chi connectivity index (χ1n) is 6.09. The molecule has 0 spiro atoms. The van der Waals surface area contributed by atoms with Gasteiger partial charge >= 0.3 is 6.03 Å². The van der Waals surface area contributed by atoms with Gasteiger partial charge in [-0.05, 0) is 31.5 Å². The zero-order valence-electron chi connectivity index (χ0n) is 11.4. The lowest BCUT2D eigenvalue weighted by atomic mass is 10.2. The minimum absolute atomic E-state index is 0.0432. The van der Waals surface area contributed by atoms with Gasteiger partial charge in [0.25, 0.3) is 0 Å². The fraction of sp³-hybridized carbons (Fsp3) is 0.462. The highest BCUT2D eigenvalue weighted by Gasteiger charge is 2.11. The maximum Gasteiger partial charge on any atom is 0.319 e. The van der Waals surface area contributed by atoms with E-state index >= 15 is 0 Å². The van der Waals surface area contributed by atoms with Crippen molar-refractivity contribution in [1.82, 2.24) is 5.32 Å². The van der Waals surface area contributed by atoms with Crippen LogP contribution in [0.2, 0.25) is 5.02 Å².